The molecule has 3 aromatic heterocycles. The Morgan fingerprint density at radius 2 is 2.10 bits per heavy atom. The van der Waals surface area contributed by atoms with Crippen LogP contribution in [0.15, 0.2) is 42.3 Å². The van der Waals surface area contributed by atoms with Crippen LogP contribution in [-0.2, 0) is 16.1 Å². The van der Waals surface area contributed by atoms with Gasteiger partial charge >= 0.3 is 0 Å². The van der Waals surface area contributed by atoms with E-state index < -0.39 is 11.6 Å². The Labute approximate surface area is 233 Å². The van der Waals surface area contributed by atoms with Crippen LogP contribution in [0, 0.1) is 23.5 Å². The molecule has 4 aromatic rings. The highest BCUT2D eigenvalue weighted by Crippen LogP contribution is 2.45. The average Bonchev–Trinajstić information content (AvgIpc) is 3.60. The maximum atomic E-state index is 15.7. The van der Waals surface area contributed by atoms with E-state index in [4.69, 9.17) is 19.6 Å². The number of carbonyl (C=O) groups is 1. The molecule has 0 radical (unpaired) electrons. The summed E-state index contributed by atoms with van der Waals surface area (Å²) in [7, 11) is 1.51. The van der Waals surface area contributed by atoms with E-state index in [1.54, 1.807) is 9.58 Å². The largest absolute Gasteiger partial charge is 0.490 e. The first-order chi connectivity index (χ1) is 19.4. The molecule has 0 saturated carbocycles. The molecule has 1 aliphatic heterocycles. The predicted octanol–water partition coefficient (Wildman–Crippen LogP) is 4.56. The number of pyridine rings is 1. The number of carbonyl (C=O) groups excluding carboxylic acids is 1. The molecule has 8 nitrogen and oxygen atoms in total. The van der Waals surface area contributed by atoms with Crippen LogP contribution in [0.25, 0.3) is 32.6 Å². The number of methoxy groups -OCH3 is 1. The Morgan fingerprint density at radius 1 is 1.27 bits per heavy atom. The number of ether oxygens (including phenoxy) is 2. The molecule has 206 valence electrons. The summed E-state index contributed by atoms with van der Waals surface area (Å²) in [4.78, 5) is 18.9. The van der Waals surface area contributed by atoms with Crippen LogP contribution in [0.1, 0.15) is 24.4 Å². The van der Waals surface area contributed by atoms with Crippen LogP contribution < -0.4 is 4.74 Å². The molecule has 1 amide bonds. The zero-order valence-electron chi connectivity index (χ0n) is 21.9. The summed E-state index contributed by atoms with van der Waals surface area (Å²) in [5.41, 5.74) is 2.32. The predicted molar refractivity (Wildman–Crippen MR) is 148 cm³/mol. The highest BCUT2D eigenvalue weighted by Gasteiger charge is 2.31. The molecular weight excluding hydrogens is 538 g/mol. The van der Waals surface area contributed by atoms with Crippen LogP contribution in [0.5, 0.6) is 5.75 Å². The number of benzene rings is 1. The Bertz CT molecular complexity index is 1670. The molecule has 40 heavy (non-hydrogen) atoms. The van der Waals surface area contributed by atoms with Crippen LogP contribution in [-0.4, -0.2) is 64.2 Å². The van der Waals surface area contributed by atoms with E-state index in [1.807, 2.05) is 24.4 Å². The molecule has 0 fully saturated rings. The van der Waals surface area contributed by atoms with Crippen molar-refractivity contribution in [2.45, 2.75) is 19.5 Å². The van der Waals surface area contributed by atoms with Crippen molar-refractivity contribution in [1.82, 2.24) is 19.7 Å². The molecule has 4 heterocycles. The Hall–Kier alpha value is -4.11. The summed E-state index contributed by atoms with van der Waals surface area (Å²) in [6.45, 7) is 6.32. The van der Waals surface area contributed by atoms with Crippen molar-refractivity contribution in [3.05, 3.63) is 65.3 Å². The highest BCUT2D eigenvalue weighted by atomic mass is 32.1. The minimum atomic E-state index is -0.820. The van der Waals surface area contributed by atoms with Gasteiger partial charge in [0, 0.05) is 41.4 Å². The van der Waals surface area contributed by atoms with E-state index in [2.05, 4.69) is 18.4 Å². The second-order valence-corrected chi connectivity index (χ2v) is 9.91. The van der Waals surface area contributed by atoms with Gasteiger partial charge < -0.3 is 19.5 Å². The molecule has 11 heteroatoms. The summed E-state index contributed by atoms with van der Waals surface area (Å²) < 4.78 is 43.4. The van der Waals surface area contributed by atoms with E-state index in [9.17, 15) is 14.3 Å². The normalized spacial score (nSPS) is 14.5. The van der Waals surface area contributed by atoms with Gasteiger partial charge in [-0.25, -0.2) is 13.8 Å². The quantitative estimate of drug-likeness (QED) is 0.201. The molecule has 1 aromatic carbocycles. The fourth-order valence-corrected chi connectivity index (χ4v) is 5.79. The van der Waals surface area contributed by atoms with Gasteiger partial charge in [0.1, 0.15) is 47.7 Å². The van der Waals surface area contributed by atoms with E-state index in [0.29, 0.717) is 45.8 Å². The third-order valence-electron chi connectivity index (χ3n) is 6.67. The van der Waals surface area contributed by atoms with Crippen molar-refractivity contribution in [1.29, 1.82) is 0 Å². The molecule has 1 unspecified atom stereocenters. The molecule has 1 aliphatic rings. The zero-order valence-corrected chi connectivity index (χ0v) is 22.7. The lowest BCUT2D eigenvalue weighted by atomic mass is 9.97. The SMILES string of the molecule is C=CC(=O)N1CCn2nc(-c3nc(C#CCO)c4ccsc4c3-c3c(F)cc(F)cc3OCCOC)cc2C1C. The fraction of sp³-hybridized carbons (Fsp3) is 0.276. The van der Waals surface area contributed by atoms with Gasteiger partial charge in [0.15, 0.2) is 0 Å². The maximum absolute atomic E-state index is 15.7. The van der Waals surface area contributed by atoms with Crippen LogP contribution >= 0.6 is 11.3 Å². The number of nitrogens with zero attached hydrogens (tertiary/aromatic N) is 4. The Morgan fingerprint density at radius 3 is 2.85 bits per heavy atom. The van der Waals surface area contributed by atoms with Crippen LogP contribution in [0.2, 0.25) is 0 Å². The molecule has 0 spiro atoms. The second-order valence-electron chi connectivity index (χ2n) is 9.00. The number of aromatic nitrogens is 3. The van der Waals surface area contributed by atoms with Gasteiger partial charge in [0.05, 0.1) is 30.5 Å². The number of aliphatic hydroxyl groups excluding tert-OH is 1. The number of aliphatic hydroxyl groups is 1. The van der Waals surface area contributed by atoms with Gasteiger partial charge in [-0.15, -0.1) is 11.3 Å². The Kier molecular flexibility index (Phi) is 7.93. The molecule has 1 atom stereocenters. The molecule has 0 saturated heterocycles. The first kappa shape index (κ1) is 27.5. The van der Waals surface area contributed by atoms with E-state index in [0.717, 1.165) is 17.8 Å². The minimum Gasteiger partial charge on any atom is -0.490 e. The smallest absolute Gasteiger partial charge is 0.246 e. The van der Waals surface area contributed by atoms with Crippen molar-refractivity contribution in [2.24, 2.45) is 0 Å². The maximum Gasteiger partial charge on any atom is 0.246 e. The van der Waals surface area contributed by atoms with E-state index in [1.165, 1.54) is 24.5 Å². The summed E-state index contributed by atoms with van der Waals surface area (Å²) >= 11 is 1.35. The van der Waals surface area contributed by atoms with Crippen molar-refractivity contribution in [3.63, 3.8) is 0 Å². The minimum absolute atomic E-state index is 0.00147. The number of hydrogen-bond donors (Lipinski definition) is 1. The number of thiophene rings is 1. The van der Waals surface area contributed by atoms with Gasteiger partial charge in [-0.2, -0.15) is 5.10 Å². The van der Waals surface area contributed by atoms with Crippen LogP contribution in [0.4, 0.5) is 8.78 Å². The van der Waals surface area contributed by atoms with E-state index in [-0.39, 0.29) is 43.1 Å². The van der Waals surface area contributed by atoms with Crippen molar-refractivity contribution in [2.75, 3.05) is 33.5 Å². The third-order valence-corrected chi connectivity index (χ3v) is 7.60. The van der Waals surface area contributed by atoms with Crippen molar-refractivity contribution < 1.29 is 28.2 Å². The molecule has 0 aliphatic carbocycles. The van der Waals surface area contributed by atoms with Crippen molar-refractivity contribution in [3.8, 4) is 40.1 Å². The van der Waals surface area contributed by atoms with Crippen LogP contribution in [0.3, 0.4) is 0 Å². The summed E-state index contributed by atoms with van der Waals surface area (Å²) in [5.74, 6) is 3.74. The monoisotopic (exact) mass is 564 g/mol. The first-order valence-electron chi connectivity index (χ1n) is 12.5. The molecule has 5 rings (SSSR count). The standard InChI is InChI=1S/C29H26F2N4O4S/c1-4-25(37)34-8-9-35-23(17(34)2)16-22(33-35)28-27(29-19(7-13-40-29)21(32-28)6-5-10-36)26-20(31)14-18(30)15-24(26)39-12-11-38-3/h4,7,13-17,36H,1,8-12H2,2-3H3. The molecule has 0 bridgehead atoms. The lowest BCUT2D eigenvalue weighted by Crippen LogP contribution is -2.40. The van der Waals surface area contributed by atoms with Gasteiger partial charge in [0.25, 0.3) is 0 Å². The van der Waals surface area contributed by atoms with Gasteiger partial charge in [0.2, 0.25) is 5.91 Å². The number of fused-ring (bicyclic) bond motifs is 2. The lowest BCUT2D eigenvalue weighted by Gasteiger charge is -2.33. The van der Waals surface area contributed by atoms with E-state index >= 15 is 4.39 Å². The summed E-state index contributed by atoms with van der Waals surface area (Å²) in [5, 5.41) is 16.6. The average molecular weight is 565 g/mol. The fourth-order valence-electron chi connectivity index (χ4n) is 4.84. The lowest BCUT2D eigenvalue weighted by molar-refractivity contribution is -0.129. The number of rotatable bonds is 7. The van der Waals surface area contributed by atoms with Gasteiger partial charge in [-0.1, -0.05) is 12.5 Å². The first-order valence-corrected chi connectivity index (χ1v) is 13.4. The summed E-state index contributed by atoms with van der Waals surface area (Å²) in [6.07, 6.45) is 1.28. The zero-order chi connectivity index (χ0) is 28.4. The highest BCUT2D eigenvalue weighted by molar-refractivity contribution is 7.17. The number of amides is 1. The van der Waals surface area contributed by atoms with Gasteiger partial charge in [-0.3, -0.25) is 9.48 Å². The molecular formula is C29H26F2N4O4S. The molecule has 1 N–H and O–H groups in total. The third kappa shape index (κ3) is 4.97. The van der Waals surface area contributed by atoms with Crippen molar-refractivity contribution >= 4 is 27.3 Å². The Balaban J connectivity index is 1.78. The number of halogens is 2. The topological polar surface area (TPSA) is 89.7 Å². The van der Waals surface area contributed by atoms with Gasteiger partial charge in [-0.05, 0) is 36.4 Å². The second kappa shape index (κ2) is 11.6. The summed E-state index contributed by atoms with van der Waals surface area (Å²) in [6, 6.07) is 5.27. The number of hydrogen-bond acceptors (Lipinski definition) is 7.